The van der Waals surface area contributed by atoms with Gasteiger partial charge >= 0.3 is 0 Å². The molecule has 4 nitrogen and oxygen atoms in total. The van der Waals surface area contributed by atoms with Crippen molar-refractivity contribution in [2.24, 2.45) is 5.41 Å². The summed E-state index contributed by atoms with van der Waals surface area (Å²) >= 11 is 1.78. The Bertz CT molecular complexity index is 440. The fourth-order valence-corrected chi connectivity index (χ4v) is 2.23. The highest BCUT2D eigenvalue weighted by Crippen LogP contribution is 2.24. The summed E-state index contributed by atoms with van der Waals surface area (Å²) in [5.41, 5.74) is -0.284. The standard InChI is InChI=1S/C14H23N3OS/c1-13(2,3)12-16-11(18-17-12)9-19-8-6-7-14(4,5)10-15/h6-9H2,1-5H3. The van der Waals surface area contributed by atoms with Crippen molar-refractivity contribution in [2.45, 2.75) is 58.6 Å². The molecule has 0 atom stereocenters. The normalized spacial score (nSPS) is 12.4. The van der Waals surface area contributed by atoms with Crippen molar-refractivity contribution < 1.29 is 4.52 Å². The van der Waals surface area contributed by atoms with Crippen molar-refractivity contribution in [1.82, 2.24) is 10.1 Å². The quantitative estimate of drug-likeness (QED) is 0.739. The Morgan fingerprint density at radius 1 is 1.26 bits per heavy atom. The Balaban J connectivity index is 2.28. The molecule has 0 fully saturated rings. The van der Waals surface area contributed by atoms with Gasteiger partial charge in [-0.15, -0.1) is 0 Å². The maximum atomic E-state index is 8.92. The van der Waals surface area contributed by atoms with Crippen LogP contribution in [0.5, 0.6) is 0 Å². The number of nitriles is 1. The first kappa shape index (κ1) is 16.0. The molecule has 0 amide bonds. The molecule has 19 heavy (non-hydrogen) atoms. The van der Waals surface area contributed by atoms with Crippen molar-refractivity contribution in [3.8, 4) is 6.07 Å². The molecule has 0 saturated carbocycles. The van der Waals surface area contributed by atoms with Crippen LogP contribution in [0.1, 0.15) is 59.2 Å². The smallest absolute Gasteiger partial charge is 0.236 e. The lowest BCUT2D eigenvalue weighted by Crippen LogP contribution is -2.13. The fraction of sp³-hybridized carbons (Fsp3) is 0.786. The van der Waals surface area contributed by atoms with Crippen molar-refractivity contribution in [3.05, 3.63) is 11.7 Å². The van der Waals surface area contributed by atoms with Crippen LogP contribution in [0.2, 0.25) is 0 Å². The molecule has 1 rings (SSSR count). The average Bonchev–Trinajstić information content (AvgIpc) is 2.77. The topological polar surface area (TPSA) is 62.7 Å². The van der Waals surface area contributed by atoms with Gasteiger partial charge in [0.2, 0.25) is 5.89 Å². The van der Waals surface area contributed by atoms with Gasteiger partial charge in [0.25, 0.3) is 0 Å². The zero-order chi connectivity index (χ0) is 14.5. The van der Waals surface area contributed by atoms with Crippen LogP contribution in [-0.2, 0) is 11.2 Å². The first-order valence-electron chi connectivity index (χ1n) is 6.57. The summed E-state index contributed by atoms with van der Waals surface area (Å²) in [6.07, 6.45) is 1.96. The third kappa shape index (κ3) is 5.65. The average molecular weight is 281 g/mol. The molecule has 5 heteroatoms. The maximum Gasteiger partial charge on any atom is 0.236 e. The number of rotatable bonds is 6. The minimum atomic E-state index is -0.218. The molecule has 0 saturated heterocycles. The summed E-state index contributed by atoms with van der Waals surface area (Å²) in [6.45, 7) is 10.2. The van der Waals surface area contributed by atoms with E-state index in [0.717, 1.165) is 30.2 Å². The Hall–Kier alpha value is -1.02. The molecular weight excluding hydrogens is 258 g/mol. The largest absolute Gasteiger partial charge is 0.338 e. The van der Waals surface area contributed by atoms with Crippen LogP contribution in [0, 0.1) is 16.7 Å². The Morgan fingerprint density at radius 2 is 1.95 bits per heavy atom. The Kier molecular flexibility index (Phi) is 5.42. The summed E-state index contributed by atoms with van der Waals surface area (Å²) in [6, 6.07) is 2.32. The SMILES string of the molecule is CC(C)(C#N)CCCSCc1nc(C(C)(C)C)no1. The van der Waals surface area contributed by atoms with Gasteiger partial charge in [0.15, 0.2) is 5.82 Å². The highest BCUT2D eigenvalue weighted by molar-refractivity contribution is 7.98. The molecule has 0 radical (unpaired) electrons. The van der Waals surface area contributed by atoms with E-state index in [1.807, 2.05) is 13.8 Å². The molecule has 0 aliphatic rings. The van der Waals surface area contributed by atoms with Crippen molar-refractivity contribution in [1.29, 1.82) is 5.26 Å². The van der Waals surface area contributed by atoms with Gasteiger partial charge in [0.1, 0.15) is 0 Å². The number of nitrogens with zero attached hydrogens (tertiary/aromatic N) is 3. The van der Waals surface area contributed by atoms with E-state index in [0.29, 0.717) is 5.89 Å². The van der Waals surface area contributed by atoms with Crippen LogP contribution in [0.15, 0.2) is 4.52 Å². The maximum absolute atomic E-state index is 8.92. The van der Waals surface area contributed by atoms with Gasteiger partial charge < -0.3 is 4.52 Å². The zero-order valence-corrected chi connectivity index (χ0v) is 13.3. The predicted octanol–water partition coefficient (Wildman–Crippen LogP) is 3.93. The summed E-state index contributed by atoms with van der Waals surface area (Å²) in [4.78, 5) is 4.39. The van der Waals surface area contributed by atoms with Crippen LogP contribution in [-0.4, -0.2) is 15.9 Å². The summed E-state index contributed by atoms with van der Waals surface area (Å²) in [5, 5.41) is 12.9. The number of hydrogen-bond acceptors (Lipinski definition) is 5. The van der Waals surface area contributed by atoms with E-state index in [1.165, 1.54) is 0 Å². The predicted molar refractivity (Wildman–Crippen MR) is 77.8 cm³/mol. The van der Waals surface area contributed by atoms with Crippen LogP contribution in [0.25, 0.3) is 0 Å². The van der Waals surface area contributed by atoms with E-state index in [2.05, 4.69) is 37.0 Å². The van der Waals surface area contributed by atoms with Gasteiger partial charge in [-0.05, 0) is 32.4 Å². The molecule has 106 valence electrons. The fourth-order valence-electron chi connectivity index (χ4n) is 1.45. The van der Waals surface area contributed by atoms with E-state index in [4.69, 9.17) is 9.78 Å². The number of aromatic nitrogens is 2. The molecular formula is C14H23N3OS. The molecule has 0 N–H and O–H groups in total. The van der Waals surface area contributed by atoms with E-state index in [-0.39, 0.29) is 10.8 Å². The van der Waals surface area contributed by atoms with E-state index in [9.17, 15) is 0 Å². The second-order valence-corrected chi connectivity index (χ2v) is 7.52. The van der Waals surface area contributed by atoms with Crippen LogP contribution in [0.3, 0.4) is 0 Å². The van der Waals surface area contributed by atoms with Crippen LogP contribution >= 0.6 is 11.8 Å². The van der Waals surface area contributed by atoms with Crippen LogP contribution in [0.4, 0.5) is 0 Å². The van der Waals surface area contributed by atoms with Gasteiger partial charge in [-0.1, -0.05) is 25.9 Å². The van der Waals surface area contributed by atoms with Gasteiger partial charge in [-0.25, -0.2) is 0 Å². The highest BCUT2D eigenvalue weighted by atomic mass is 32.2. The summed E-state index contributed by atoms with van der Waals surface area (Å²) < 4.78 is 5.23. The molecule has 0 aliphatic heterocycles. The first-order valence-corrected chi connectivity index (χ1v) is 7.72. The van der Waals surface area contributed by atoms with Crippen LogP contribution < -0.4 is 0 Å². The minimum absolute atomic E-state index is 0.0662. The molecule has 1 heterocycles. The molecule has 0 aromatic carbocycles. The summed E-state index contributed by atoms with van der Waals surface area (Å²) in [5.74, 6) is 3.21. The molecule has 1 aromatic rings. The van der Waals surface area contributed by atoms with E-state index < -0.39 is 0 Å². The van der Waals surface area contributed by atoms with Gasteiger partial charge in [0, 0.05) is 5.41 Å². The van der Waals surface area contributed by atoms with Gasteiger partial charge in [0.05, 0.1) is 17.2 Å². The lowest BCUT2D eigenvalue weighted by molar-refractivity contribution is 0.373. The van der Waals surface area contributed by atoms with Crippen molar-refractivity contribution >= 4 is 11.8 Å². The number of hydrogen-bond donors (Lipinski definition) is 0. The molecule has 0 unspecified atom stereocenters. The van der Waals surface area contributed by atoms with E-state index in [1.54, 1.807) is 11.8 Å². The lowest BCUT2D eigenvalue weighted by Gasteiger charge is -2.13. The second kappa shape index (κ2) is 6.42. The first-order chi connectivity index (χ1) is 8.74. The monoisotopic (exact) mass is 281 g/mol. The second-order valence-electron chi connectivity index (χ2n) is 6.41. The molecule has 1 aromatic heterocycles. The van der Waals surface area contributed by atoms with Crippen molar-refractivity contribution in [2.75, 3.05) is 5.75 Å². The van der Waals surface area contributed by atoms with Gasteiger partial charge in [-0.3, -0.25) is 0 Å². The zero-order valence-electron chi connectivity index (χ0n) is 12.5. The van der Waals surface area contributed by atoms with Crippen molar-refractivity contribution in [3.63, 3.8) is 0 Å². The molecule has 0 aliphatic carbocycles. The van der Waals surface area contributed by atoms with Gasteiger partial charge in [-0.2, -0.15) is 22.0 Å². The Morgan fingerprint density at radius 3 is 2.47 bits per heavy atom. The van der Waals surface area contributed by atoms with E-state index >= 15 is 0 Å². The third-order valence-electron chi connectivity index (χ3n) is 2.76. The number of thioether (sulfide) groups is 1. The molecule has 0 bridgehead atoms. The Labute approximate surface area is 120 Å². The molecule has 0 spiro atoms. The lowest BCUT2D eigenvalue weighted by atomic mass is 9.90. The summed E-state index contributed by atoms with van der Waals surface area (Å²) in [7, 11) is 0. The third-order valence-corrected chi connectivity index (χ3v) is 3.79. The minimum Gasteiger partial charge on any atom is -0.338 e. The highest BCUT2D eigenvalue weighted by Gasteiger charge is 2.21.